The van der Waals surface area contributed by atoms with Gasteiger partial charge in [0.25, 0.3) is 0 Å². The molecule has 1 saturated carbocycles. The van der Waals surface area contributed by atoms with Crippen molar-refractivity contribution < 1.29 is 9.59 Å². The highest BCUT2D eigenvalue weighted by atomic mass is 32.1. The van der Waals surface area contributed by atoms with Gasteiger partial charge < -0.3 is 10.2 Å². The Morgan fingerprint density at radius 1 is 1.43 bits per heavy atom. The first-order valence-corrected chi connectivity index (χ1v) is 8.64. The summed E-state index contributed by atoms with van der Waals surface area (Å²) in [6.07, 6.45) is 3.61. The van der Waals surface area contributed by atoms with Crippen LogP contribution in [-0.4, -0.2) is 34.8 Å². The highest BCUT2D eigenvalue weighted by Gasteiger charge is 2.47. The molecule has 0 spiro atoms. The third-order valence-electron chi connectivity index (χ3n) is 4.49. The van der Waals surface area contributed by atoms with Gasteiger partial charge >= 0.3 is 0 Å². The van der Waals surface area contributed by atoms with E-state index < -0.39 is 0 Å². The van der Waals surface area contributed by atoms with Crippen LogP contribution >= 0.6 is 11.3 Å². The van der Waals surface area contributed by atoms with Crippen LogP contribution < -0.4 is 5.32 Å². The van der Waals surface area contributed by atoms with Gasteiger partial charge in [0.1, 0.15) is 12.1 Å². The summed E-state index contributed by atoms with van der Waals surface area (Å²) in [5.41, 5.74) is 0. The molecule has 3 atom stereocenters. The first kappa shape index (κ1) is 14.6. The van der Waals surface area contributed by atoms with Gasteiger partial charge in [-0.2, -0.15) is 0 Å². The van der Waals surface area contributed by atoms with E-state index in [-0.39, 0.29) is 29.9 Å². The van der Waals surface area contributed by atoms with Crippen LogP contribution in [0, 0.1) is 5.92 Å². The Hall–Kier alpha value is -1.36. The normalized spacial score (nSPS) is 27.6. The predicted molar refractivity (Wildman–Crippen MR) is 83.1 cm³/mol. The molecule has 3 unspecified atom stereocenters. The van der Waals surface area contributed by atoms with Crippen molar-refractivity contribution in [2.45, 2.75) is 57.7 Å². The molecular formula is C16H22N2O2S. The number of amides is 2. The van der Waals surface area contributed by atoms with Gasteiger partial charge in [-0.05, 0) is 43.6 Å². The molecule has 1 aromatic rings. The monoisotopic (exact) mass is 306 g/mol. The smallest absolute Gasteiger partial charge is 0.246 e. The van der Waals surface area contributed by atoms with Gasteiger partial charge in [-0.3, -0.25) is 9.59 Å². The molecule has 1 N–H and O–H groups in total. The molecule has 2 fully saturated rings. The molecule has 1 aliphatic carbocycles. The summed E-state index contributed by atoms with van der Waals surface area (Å²) in [6, 6.07) is 3.58. The van der Waals surface area contributed by atoms with Gasteiger partial charge in [0.15, 0.2) is 0 Å². The Balaban J connectivity index is 1.80. The number of hydrogen-bond donors (Lipinski definition) is 1. The Labute approximate surface area is 129 Å². The third kappa shape index (κ3) is 2.84. The van der Waals surface area contributed by atoms with E-state index in [1.54, 1.807) is 11.3 Å². The summed E-state index contributed by atoms with van der Waals surface area (Å²) in [7, 11) is 0. The van der Waals surface area contributed by atoms with Gasteiger partial charge in [-0.25, -0.2) is 0 Å². The van der Waals surface area contributed by atoms with E-state index in [4.69, 9.17) is 0 Å². The zero-order valence-electron chi connectivity index (χ0n) is 12.5. The molecule has 4 nitrogen and oxygen atoms in total. The highest BCUT2D eigenvalue weighted by Crippen LogP contribution is 2.36. The summed E-state index contributed by atoms with van der Waals surface area (Å²) in [6.45, 7) is 4.03. The molecule has 2 aliphatic rings. The molecule has 2 heterocycles. The Bertz CT molecular complexity index is 524. The second kappa shape index (κ2) is 5.79. The lowest BCUT2D eigenvalue weighted by atomic mass is 9.98. The van der Waals surface area contributed by atoms with Crippen LogP contribution in [0.15, 0.2) is 17.5 Å². The molecule has 0 radical (unpaired) electrons. The average molecular weight is 306 g/mol. The maximum atomic E-state index is 12.8. The van der Waals surface area contributed by atoms with Gasteiger partial charge in [0, 0.05) is 17.3 Å². The molecule has 0 bridgehead atoms. The van der Waals surface area contributed by atoms with E-state index in [2.05, 4.69) is 23.7 Å². The number of rotatable bonds is 5. The first-order valence-electron chi connectivity index (χ1n) is 7.76. The predicted octanol–water partition coefficient (Wildman–Crippen LogP) is 2.19. The van der Waals surface area contributed by atoms with E-state index in [1.807, 2.05) is 17.9 Å². The fourth-order valence-corrected chi connectivity index (χ4v) is 4.05. The molecule has 1 aromatic heterocycles. The Morgan fingerprint density at radius 3 is 2.76 bits per heavy atom. The fraction of sp³-hybridized carbons (Fsp3) is 0.625. The number of carbonyl (C=O) groups excluding carboxylic acids is 2. The zero-order chi connectivity index (χ0) is 15.0. The average Bonchev–Trinajstić information content (AvgIpc) is 3.18. The lowest BCUT2D eigenvalue weighted by molar-refractivity contribution is -0.152. The van der Waals surface area contributed by atoms with Crippen molar-refractivity contribution >= 4 is 23.2 Å². The first-order chi connectivity index (χ1) is 10.1. The van der Waals surface area contributed by atoms with Crippen LogP contribution in [0.2, 0.25) is 0 Å². The van der Waals surface area contributed by atoms with Crippen LogP contribution in [0.5, 0.6) is 0 Å². The minimum Gasteiger partial charge on any atom is -0.342 e. The maximum absolute atomic E-state index is 12.8. The molecule has 2 amide bonds. The van der Waals surface area contributed by atoms with Crippen molar-refractivity contribution in [1.29, 1.82) is 0 Å². The van der Waals surface area contributed by atoms with Gasteiger partial charge in [-0.15, -0.1) is 11.3 Å². The summed E-state index contributed by atoms with van der Waals surface area (Å²) < 4.78 is 0. The zero-order valence-corrected chi connectivity index (χ0v) is 13.4. The minimum absolute atomic E-state index is 0.0204. The lowest BCUT2D eigenvalue weighted by Crippen LogP contribution is -2.66. The van der Waals surface area contributed by atoms with Gasteiger partial charge in [0.05, 0.1) is 0 Å². The molecule has 114 valence electrons. The largest absolute Gasteiger partial charge is 0.342 e. The Morgan fingerprint density at radius 2 is 2.19 bits per heavy atom. The van der Waals surface area contributed by atoms with E-state index in [0.717, 1.165) is 19.3 Å². The standard InChI is InChI=1S/C16H22N2O2S/c1-3-13-15(19)17-14(11-6-7-11)16(20)18(13)10(2)9-12-5-4-8-21-12/h4-5,8,10-11,13-14H,3,6-7,9H2,1-2H3,(H,17,19). The molecule has 3 rings (SSSR count). The van der Waals surface area contributed by atoms with Crippen LogP contribution in [0.4, 0.5) is 0 Å². The van der Waals surface area contributed by atoms with Crippen LogP contribution in [0.1, 0.15) is 38.0 Å². The Kier molecular flexibility index (Phi) is 4.02. The SMILES string of the molecule is CCC1C(=O)NC(C2CC2)C(=O)N1C(C)Cc1cccs1. The minimum atomic E-state index is -0.317. The molecule has 1 aliphatic heterocycles. The molecule has 21 heavy (non-hydrogen) atoms. The van der Waals surface area contributed by atoms with Crippen molar-refractivity contribution in [3.63, 3.8) is 0 Å². The van der Waals surface area contributed by atoms with Crippen molar-refractivity contribution in [3.8, 4) is 0 Å². The molecule has 0 aromatic carbocycles. The van der Waals surface area contributed by atoms with Gasteiger partial charge in [0.2, 0.25) is 11.8 Å². The number of thiophene rings is 1. The second-order valence-corrected chi connectivity index (χ2v) is 7.16. The summed E-state index contributed by atoms with van der Waals surface area (Å²) >= 11 is 1.71. The molecule has 5 heteroatoms. The van der Waals surface area contributed by atoms with E-state index in [1.165, 1.54) is 4.88 Å². The number of hydrogen-bond acceptors (Lipinski definition) is 3. The summed E-state index contributed by atoms with van der Waals surface area (Å²) in [4.78, 5) is 28.2. The second-order valence-electron chi connectivity index (χ2n) is 6.13. The summed E-state index contributed by atoms with van der Waals surface area (Å²) in [5.74, 6) is 0.496. The lowest BCUT2D eigenvalue weighted by Gasteiger charge is -2.42. The van der Waals surface area contributed by atoms with Crippen molar-refractivity contribution in [1.82, 2.24) is 10.2 Å². The number of carbonyl (C=O) groups is 2. The third-order valence-corrected chi connectivity index (χ3v) is 5.39. The number of nitrogens with one attached hydrogen (secondary N) is 1. The topological polar surface area (TPSA) is 49.4 Å². The van der Waals surface area contributed by atoms with Crippen molar-refractivity contribution in [3.05, 3.63) is 22.4 Å². The quantitative estimate of drug-likeness (QED) is 0.906. The van der Waals surface area contributed by atoms with Crippen LogP contribution in [0.25, 0.3) is 0 Å². The highest BCUT2D eigenvalue weighted by molar-refractivity contribution is 7.09. The van der Waals surface area contributed by atoms with Crippen molar-refractivity contribution in [2.75, 3.05) is 0 Å². The molecular weight excluding hydrogens is 284 g/mol. The van der Waals surface area contributed by atoms with Crippen LogP contribution in [0.3, 0.4) is 0 Å². The van der Waals surface area contributed by atoms with E-state index in [0.29, 0.717) is 12.3 Å². The fourth-order valence-electron chi connectivity index (χ4n) is 3.23. The van der Waals surface area contributed by atoms with Gasteiger partial charge in [-0.1, -0.05) is 13.0 Å². The van der Waals surface area contributed by atoms with E-state index in [9.17, 15) is 9.59 Å². The van der Waals surface area contributed by atoms with Crippen LogP contribution in [-0.2, 0) is 16.0 Å². The summed E-state index contributed by atoms with van der Waals surface area (Å²) in [5, 5.41) is 5.00. The maximum Gasteiger partial charge on any atom is 0.246 e. The van der Waals surface area contributed by atoms with E-state index >= 15 is 0 Å². The number of nitrogens with zero attached hydrogens (tertiary/aromatic N) is 1. The molecule has 1 saturated heterocycles. The number of piperazine rings is 1. The van der Waals surface area contributed by atoms with Crippen molar-refractivity contribution in [2.24, 2.45) is 5.92 Å².